The van der Waals surface area contributed by atoms with Crippen LogP contribution in [-0.4, -0.2) is 119 Å². The summed E-state index contributed by atoms with van der Waals surface area (Å²) in [4.78, 5) is 39.0. The number of thioether (sulfide) groups is 1. The third-order valence-electron chi connectivity index (χ3n) is 13.5. The SMILES string of the molecule is C=CC(=O)OC(c1ccnc2ccc(OC)cc12)C1CC2C(CCSCCO)CN1CC2COc1ccc2nccc(C(O)C3CC4CCN3CC4=CCOC(=O)C(=C)C)c2c1. The molecule has 0 amide bonds. The van der Waals surface area contributed by atoms with E-state index in [1.165, 1.54) is 11.6 Å². The van der Waals surface area contributed by atoms with Crippen LogP contribution in [0.4, 0.5) is 0 Å². The van der Waals surface area contributed by atoms with E-state index in [0.717, 1.165) is 96.3 Å². The first-order chi connectivity index (χ1) is 30.1. The Morgan fingerprint density at radius 1 is 0.952 bits per heavy atom. The number of carbonyl (C=O) groups is 2. The van der Waals surface area contributed by atoms with Crippen molar-refractivity contribution in [2.24, 2.45) is 23.7 Å². The van der Waals surface area contributed by atoms with Crippen molar-refractivity contribution in [2.45, 2.75) is 56.9 Å². The number of rotatable bonds is 18. The number of piperidine rings is 6. The second kappa shape index (κ2) is 19.7. The van der Waals surface area contributed by atoms with Crippen molar-refractivity contribution in [1.29, 1.82) is 0 Å². The molecular formula is C49H58N4O8S. The maximum absolute atomic E-state index is 13.0. The number of methoxy groups -OCH3 is 1. The van der Waals surface area contributed by atoms with Gasteiger partial charge in [-0.2, -0.15) is 11.8 Å². The highest BCUT2D eigenvalue weighted by molar-refractivity contribution is 7.99. The van der Waals surface area contributed by atoms with E-state index >= 15 is 0 Å². The molecule has 2 N–H and O–H groups in total. The molecule has 4 aromatic rings. The molecule has 0 spiro atoms. The van der Waals surface area contributed by atoms with Gasteiger partial charge in [-0.3, -0.25) is 19.8 Å². The summed E-state index contributed by atoms with van der Waals surface area (Å²) in [5.41, 5.74) is 4.98. The summed E-state index contributed by atoms with van der Waals surface area (Å²) in [5, 5.41) is 23.2. The van der Waals surface area contributed by atoms with Gasteiger partial charge >= 0.3 is 11.9 Å². The first-order valence-corrected chi connectivity index (χ1v) is 22.9. The Morgan fingerprint density at radius 2 is 1.68 bits per heavy atom. The van der Waals surface area contributed by atoms with Gasteiger partial charge in [0.1, 0.15) is 24.2 Å². The van der Waals surface area contributed by atoms with Gasteiger partial charge in [-0.15, -0.1) is 0 Å². The van der Waals surface area contributed by atoms with Gasteiger partial charge in [0.2, 0.25) is 0 Å². The summed E-state index contributed by atoms with van der Waals surface area (Å²) >= 11 is 1.78. The van der Waals surface area contributed by atoms with Crippen molar-refractivity contribution in [3.05, 3.63) is 109 Å². The number of carbonyl (C=O) groups excluding carboxylic acids is 2. The molecule has 12 nitrogen and oxygen atoms in total. The van der Waals surface area contributed by atoms with E-state index in [0.29, 0.717) is 41.4 Å². The van der Waals surface area contributed by atoms with Gasteiger partial charge in [0, 0.05) is 77.7 Å². The standard InChI is InChI=1S/C49H58N4O8S/c1-5-46(55)61-48(38-11-16-51-43-8-6-35(58-4)23-41(38)43)45-25-39-33(14-20-62-21-18-54)27-53(45)28-34(39)29-60-36-7-9-42-40(24-36)37(10-15-50-42)47(56)44-22-31-12-17-52(44)26-32(31)13-19-59-49(57)30(2)3/h5-11,13,15-16,23-24,31,33-34,39,44-45,47-48,54,56H,1-2,12,14,17-22,25-29H2,3-4H3. The summed E-state index contributed by atoms with van der Waals surface area (Å²) in [6.45, 7) is 13.2. The second-order valence-electron chi connectivity index (χ2n) is 17.2. The van der Waals surface area contributed by atoms with Crippen LogP contribution in [0, 0.1) is 23.7 Å². The van der Waals surface area contributed by atoms with Crippen LogP contribution in [0.1, 0.15) is 55.9 Å². The number of hydrogen-bond donors (Lipinski definition) is 2. The lowest BCUT2D eigenvalue weighted by Crippen LogP contribution is -2.60. The smallest absolute Gasteiger partial charge is 0.333 e. The number of fused-ring (bicyclic) bond motifs is 8. The molecule has 6 aliphatic heterocycles. The number of ether oxygens (including phenoxy) is 4. The lowest BCUT2D eigenvalue weighted by atomic mass is 9.67. The van der Waals surface area contributed by atoms with Crippen LogP contribution < -0.4 is 9.47 Å². The molecule has 8 heterocycles. The van der Waals surface area contributed by atoms with Crippen molar-refractivity contribution in [3.8, 4) is 11.5 Å². The largest absolute Gasteiger partial charge is 0.497 e. The average Bonchev–Trinajstić information content (AvgIpc) is 3.30. The third-order valence-corrected chi connectivity index (χ3v) is 14.5. The number of hydrogen-bond acceptors (Lipinski definition) is 13. The minimum Gasteiger partial charge on any atom is -0.497 e. The van der Waals surface area contributed by atoms with Crippen molar-refractivity contribution < 1.29 is 38.7 Å². The topological polar surface area (TPSA) is 144 Å². The molecule has 10 rings (SSSR count). The molecule has 0 saturated carbocycles. The molecule has 0 radical (unpaired) electrons. The minimum atomic E-state index is -0.716. The number of aliphatic hydroxyl groups is 2. The molecule has 328 valence electrons. The van der Waals surface area contributed by atoms with E-state index < -0.39 is 18.2 Å². The quantitative estimate of drug-likeness (QED) is 0.0466. The molecule has 4 bridgehead atoms. The monoisotopic (exact) mass is 862 g/mol. The summed E-state index contributed by atoms with van der Waals surface area (Å²) < 4.78 is 23.9. The predicted molar refractivity (Wildman–Crippen MR) is 241 cm³/mol. The molecule has 10 atom stereocenters. The van der Waals surface area contributed by atoms with Crippen LogP contribution in [-0.2, 0) is 19.1 Å². The number of aliphatic hydroxyl groups excluding tert-OH is 2. The lowest BCUT2D eigenvalue weighted by Gasteiger charge is -2.55. The molecule has 2 aromatic heterocycles. The molecular weight excluding hydrogens is 805 g/mol. The first kappa shape index (κ1) is 43.8. The van der Waals surface area contributed by atoms with Gasteiger partial charge < -0.3 is 29.2 Å². The van der Waals surface area contributed by atoms with E-state index in [4.69, 9.17) is 18.9 Å². The van der Waals surface area contributed by atoms with Crippen LogP contribution in [0.15, 0.2) is 97.4 Å². The second-order valence-corrected chi connectivity index (χ2v) is 18.4. The molecule has 6 aliphatic rings. The highest BCUT2D eigenvalue weighted by atomic mass is 32.2. The number of pyridine rings is 2. The van der Waals surface area contributed by atoms with E-state index in [9.17, 15) is 19.8 Å². The van der Waals surface area contributed by atoms with Crippen molar-refractivity contribution in [1.82, 2.24) is 19.8 Å². The van der Waals surface area contributed by atoms with Crippen molar-refractivity contribution in [2.75, 3.05) is 64.6 Å². The minimum absolute atomic E-state index is 0.0481. The van der Waals surface area contributed by atoms with Crippen LogP contribution >= 0.6 is 11.8 Å². The van der Waals surface area contributed by atoms with Gasteiger partial charge in [0.25, 0.3) is 0 Å². The number of benzene rings is 2. The fourth-order valence-corrected chi connectivity index (χ4v) is 11.2. The van der Waals surface area contributed by atoms with E-state index in [-0.39, 0.29) is 37.2 Å². The highest BCUT2D eigenvalue weighted by Gasteiger charge is 2.49. The maximum Gasteiger partial charge on any atom is 0.333 e. The van der Waals surface area contributed by atoms with Gasteiger partial charge in [0.15, 0.2) is 0 Å². The highest BCUT2D eigenvalue weighted by Crippen LogP contribution is 2.48. The van der Waals surface area contributed by atoms with E-state index in [1.54, 1.807) is 38.2 Å². The maximum atomic E-state index is 13.0. The summed E-state index contributed by atoms with van der Waals surface area (Å²) in [6.07, 6.45) is 9.20. The third kappa shape index (κ3) is 9.42. The molecule has 0 aliphatic carbocycles. The van der Waals surface area contributed by atoms with Gasteiger partial charge in [-0.25, -0.2) is 9.59 Å². The summed E-state index contributed by atoms with van der Waals surface area (Å²) in [6, 6.07) is 15.5. The molecule has 13 heteroatoms. The number of nitrogens with zero attached hydrogens (tertiary/aromatic N) is 4. The zero-order chi connectivity index (χ0) is 43.3. The lowest BCUT2D eigenvalue weighted by molar-refractivity contribution is -0.155. The Bertz CT molecular complexity index is 2320. The Kier molecular flexibility index (Phi) is 13.9. The van der Waals surface area contributed by atoms with Crippen molar-refractivity contribution in [3.63, 3.8) is 0 Å². The van der Waals surface area contributed by atoms with Crippen LogP contribution in [0.5, 0.6) is 11.5 Å². The van der Waals surface area contributed by atoms with E-state index in [1.807, 2.05) is 54.6 Å². The van der Waals surface area contributed by atoms with Gasteiger partial charge in [0.05, 0.1) is 43.5 Å². The molecule has 2 aromatic carbocycles. The van der Waals surface area contributed by atoms with Crippen LogP contribution in [0.25, 0.3) is 21.8 Å². The fraction of sp³-hybridized carbons (Fsp3) is 0.469. The molecule has 10 unspecified atom stereocenters. The Hall–Kier alpha value is -4.79. The normalized spacial score (nSPS) is 26.9. The number of esters is 2. The fourth-order valence-electron chi connectivity index (χ4n) is 10.4. The van der Waals surface area contributed by atoms with Crippen LogP contribution in [0.2, 0.25) is 0 Å². The average molecular weight is 863 g/mol. The first-order valence-electron chi connectivity index (χ1n) is 21.8. The van der Waals surface area contributed by atoms with Gasteiger partial charge in [-0.1, -0.05) is 18.7 Å². The zero-order valence-corrected chi connectivity index (χ0v) is 36.5. The van der Waals surface area contributed by atoms with Gasteiger partial charge in [-0.05, 0) is 123 Å². The Morgan fingerprint density at radius 3 is 2.37 bits per heavy atom. The predicted octanol–water partition coefficient (Wildman–Crippen LogP) is 6.87. The van der Waals surface area contributed by atoms with Crippen molar-refractivity contribution >= 4 is 45.5 Å². The number of aromatic nitrogens is 2. The van der Waals surface area contributed by atoms with Crippen LogP contribution in [0.3, 0.4) is 0 Å². The Balaban J connectivity index is 0.999. The van der Waals surface area contributed by atoms with E-state index in [2.05, 4.69) is 32.9 Å². The Labute approximate surface area is 368 Å². The molecule has 62 heavy (non-hydrogen) atoms. The summed E-state index contributed by atoms with van der Waals surface area (Å²) in [7, 11) is 1.64. The molecule has 6 fully saturated rings. The zero-order valence-electron chi connectivity index (χ0n) is 35.7. The molecule has 6 saturated heterocycles. The summed E-state index contributed by atoms with van der Waals surface area (Å²) in [5.74, 6) is 3.53.